The van der Waals surface area contributed by atoms with E-state index in [1.165, 1.54) is 56.1 Å². The molecule has 0 amide bonds. The lowest BCUT2D eigenvalue weighted by atomic mass is 9.93. The molecule has 0 radical (unpaired) electrons. The SMILES string of the molecule is CCCCCCCCC(C)c1cccc(CC)c1. The molecule has 0 saturated carbocycles. The molecule has 0 fully saturated rings. The number of hydrogen-bond acceptors (Lipinski definition) is 0. The van der Waals surface area contributed by atoms with E-state index >= 15 is 0 Å². The second-order valence-electron chi connectivity index (χ2n) is 5.56. The van der Waals surface area contributed by atoms with Crippen molar-refractivity contribution in [2.45, 2.75) is 78.1 Å². The molecule has 0 heterocycles. The predicted octanol–water partition coefficient (Wildman–Crippen LogP) is 6.10. The standard InChI is InChI=1S/C18H30/c1-4-6-7-8-9-10-12-16(3)18-14-11-13-17(5-2)15-18/h11,13-16H,4-10,12H2,1-3H3. The number of hydrogen-bond donors (Lipinski definition) is 0. The van der Waals surface area contributed by atoms with Crippen LogP contribution in [0.5, 0.6) is 0 Å². The van der Waals surface area contributed by atoms with Gasteiger partial charge in [0, 0.05) is 0 Å². The van der Waals surface area contributed by atoms with Crippen molar-refractivity contribution in [1.29, 1.82) is 0 Å². The van der Waals surface area contributed by atoms with Gasteiger partial charge in [-0.05, 0) is 29.9 Å². The summed E-state index contributed by atoms with van der Waals surface area (Å²) < 4.78 is 0. The molecular formula is C18H30. The van der Waals surface area contributed by atoms with Crippen molar-refractivity contribution in [3.63, 3.8) is 0 Å². The summed E-state index contributed by atoms with van der Waals surface area (Å²) in [6.45, 7) is 6.89. The van der Waals surface area contributed by atoms with Crippen LogP contribution in [0.15, 0.2) is 24.3 Å². The highest BCUT2D eigenvalue weighted by molar-refractivity contribution is 5.25. The zero-order valence-electron chi connectivity index (χ0n) is 12.5. The van der Waals surface area contributed by atoms with Gasteiger partial charge in [0.15, 0.2) is 0 Å². The Kier molecular flexibility index (Phi) is 7.80. The molecule has 1 atom stereocenters. The van der Waals surface area contributed by atoms with Crippen LogP contribution in [0.3, 0.4) is 0 Å². The van der Waals surface area contributed by atoms with Crippen LogP contribution in [0.1, 0.15) is 82.8 Å². The molecule has 1 rings (SSSR count). The first-order valence-corrected chi connectivity index (χ1v) is 7.86. The minimum absolute atomic E-state index is 0.725. The summed E-state index contributed by atoms with van der Waals surface area (Å²) in [5.74, 6) is 0.725. The monoisotopic (exact) mass is 246 g/mol. The second kappa shape index (κ2) is 9.19. The van der Waals surface area contributed by atoms with Gasteiger partial charge in [-0.15, -0.1) is 0 Å². The lowest BCUT2D eigenvalue weighted by Gasteiger charge is -2.12. The normalized spacial score (nSPS) is 12.6. The molecule has 0 heteroatoms. The number of rotatable bonds is 9. The van der Waals surface area contributed by atoms with Crippen molar-refractivity contribution in [2.75, 3.05) is 0 Å². The summed E-state index contributed by atoms with van der Waals surface area (Å²) in [4.78, 5) is 0. The fourth-order valence-electron chi connectivity index (χ4n) is 2.52. The smallest absolute Gasteiger partial charge is 0.0190 e. The first-order valence-electron chi connectivity index (χ1n) is 7.86. The Bertz CT molecular complexity index is 314. The molecule has 0 nitrogen and oxygen atoms in total. The van der Waals surface area contributed by atoms with Gasteiger partial charge in [-0.2, -0.15) is 0 Å². The third kappa shape index (κ3) is 5.71. The lowest BCUT2D eigenvalue weighted by molar-refractivity contribution is 0.557. The van der Waals surface area contributed by atoms with Crippen molar-refractivity contribution < 1.29 is 0 Å². The van der Waals surface area contributed by atoms with E-state index in [9.17, 15) is 0 Å². The van der Waals surface area contributed by atoms with E-state index in [0.717, 1.165) is 12.3 Å². The van der Waals surface area contributed by atoms with E-state index in [1.807, 2.05) is 0 Å². The summed E-state index contributed by atoms with van der Waals surface area (Å²) >= 11 is 0. The first-order chi connectivity index (χ1) is 8.77. The van der Waals surface area contributed by atoms with Crippen molar-refractivity contribution in [3.8, 4) is 0 Å². The second-order valence-corrected chi connectivity index (χ2v) is 5.56. The van der Waals surface area contributed by atoms with Gasteiger partial charge in [0.2, 0.25) is 0 Å². The predicted molar refractivity (Wildman–Crippen MR) is 82.2 cm³/mol. The van der Waals surface area contributed by atoms with E-state index in [2.05, 4.69) is 45.0 Å². The average molecular weight is 246 g/mol. The Labute approximate surface area is 114 Å². The molecule has 0 aliphatic heterocycles. The van der Waals surface area contributed by atoms with Gasteiger partial charge in [-0.3, -0.25) is 0 Å². The molecular weight excluding hydrogens is 216 g/mol. The van der Waals surface area contributed by atoms with Gasteiger partial charge in [0.25, 0.3) is 0 Å². The van der Waals surface area contributed by atoms with Crippen LogP contribution < -0.4 is 0 Å². The summed E-state index contributed by atoms with van der Waals surface area (Å²) in [5, 5.41) is 0. The Balaban J connectivity index is 2.25. The van der Waals surface area contributed by atoms with E-state index in [4.69, 9.17) is 0 Å². The fraction of sp³-hybridized carbons (Fsp3) is 0.667. The van der Waals surface area contributed by atoms with Gasteiger partial charge in [0.05, 0.1) is 0 Å². The maximum atomic E-state index is 2.39. The highest BCUT2D eigenvalue weighted by Crippen LogP contribution is 2.23. The molecule has 0 aromatic heterocycles. The first kappa shape index (κ1) is 15.3. The third-order valence-corrected chi connectivity index (χ3v) is 3.92. The van der Waals surface area contributed by atoms with Crippen LogP contribution in [0.2, 0.25) is 0 Å². The van der Waals surface area contributed by atoms with E-state index < -0.39 is 0 Å². The number of aryl methyl sites for hydroxylation is 1. The fourth-order valence-corrected chi connectivity index (χ4v) is 2.52. The maximum Gasteiger partial charge on any atom is -0.0190 e. The summed E-state index contributed by atoms with van der Waals surface area (Å²) in [5.41, 5.74) is 3.00. The molecule has 0 spiro atoms. The van der Waals surface area contributed by atoms with Crippen LogP contribution >= 0.6 is 0 Å². The minimum Gasteiger partial charge on any atom is -0.0654 e. The van der Waals surface area contributed by atoms with Gasteiger partial charge in [-0.1, -0.05) is 83.6 Å². The van der Waals surface area contributed by atoms with Crippen molar-refractivity contribution >= 4 is 0 Å². The Morgan fingerprint density at radius 3 is 2.39 bits per heavy atom. The molecule has 0 aliphatic carbocycles. The van der Waals surface area contributed by atoms with Crippen LogP contribution in [0, 0.1) is 0 Å². The third-order valence-electron chi connectivity index (χ3n) is 3.92. The van der Waals surface area contributed by atoms with Gasteiger partial charge >= 0.3 is 0 Å². The van der Waals surface area contributed by atoms with Gasteiger partial charge < -0.3 is 0 Å². The maximum absolute atomic E-state index is 2.39. The van der Waals surface area contributed by atoms with Crippen LogP contribution in [-0.2, 0) is 6.42 Å². The summed E-state index contributed by atoms with van der Waals surface area (Å²) in [6, 6.07) is 9.13. The molecule has 1 aromatic carbocycles. The van der Waals surface area contributed by atoms with Crippen molar-refractivity contribution in [3.05, 3.63) is 35.4 Å². The molecule has 0 saturated heterocycles. The van der Waals surface area contributed by atoms with E-state index in [1.54, 1.807) is 0 Å². The molecule has 102 valence electrons. The number of benzene rings is 1. The van der Waals surface area contributed by atoms with Crippen LogP contribution in [0.4, 0.5) is 0 Å². The largest absolute Gasteiger partial charge is 0.0654 e. The molecule has 0 bridgehead atoms. The molecule has 1 aromatic rings. The van der Waals surface area contributed by atoms with E-state index in [-0.39, 0.29) is 0 Å². The highest BCUT2D eigenvalue weighted by atomic mass is 14.1. The molecule has 0 aliphatic rings. The number of unbranched alkanes of at least 4 members (excludes halogenated alkanes) is 5. The quantitative estimate of drug-likeness (QED) is 0.462. The van der Waals surface area contributed by atoms with Crippen LogP contribution in [-0.4, -0.2) is 0 Å². The Hall–Kier alpha value is -0.780. The highest BCUT2D eigenvalue weighted by Gasteiger charge is 2.05. The average Bonchev–Trinajstić information content (AvgIpc) is 2.42. The van der Waals surface area contributed by atoms with Gasteiger partial charge in [-0.25, -0.2) is 0 Å². The molecule has 1 unspecified atom stereocenters. The van der Waals surface area contributed by atoms with Gasteiger partial charge in [0.1, 0.15) is 0 Å². The topological polar surface area (TPSA) is 0 Å². The van der Waals surface area contributed by atoms with E-state index in [0.29, 0.717) is 0 Å². The Morgan fingerprint density at radius 1 is 0.944 bits per heavy atom. The zero-order valence-corrected chi connectivity index (χ0v) is 12.5. The zero-order chi connectivity index (χ0) is 13.2. The Morgan fingerprint density at radius 2 is 1.67 bits per heavy atom. The summed E-state index contributed by atoms with van der Waals surface area (Å²) in [6.07, 6.45) is 10.9. The van der Waals surface area contributed by atoms with Crippen molar-refractivity contribution in [2.24, 2.45) is 0 Å². The van der Waals surface area contributed by atoms with Crippen LogP contribution in [0.25, 0.3) is 0 Å². The molecule has 0 N–H and O–H groups in total. The minimum atomic E-state index is 0.725. The van der Waals surface area contributed by atoms with Crippen molar-refractivity contribution in [1.82, 2.24) is 0 Å². The molecule has 18 heavy (non-hydrogen) atoms. The summed E-state index contributed by atoms with van der Waals surface area (Å²) in [7, 11) is 0. The lowest BCUT2D eigenvalue weighted by Crippen LogP contribution is -1.95.